The SMILES string of the molecule is C=CC(C)Cl.CC.CN.OC(CCF)c1ccc(SC(F)F)cc1. The van der Waals surface area contributed by atoms with E-state index < -0.39 is 18.5 Å². The number of nitrogens with two attached hydrogens (primary N) is 1. The molecule has 0 amide bonds. The smallest absolute Gasteiger partial charge is 0.288 e. The van der Waals surface area contributed by atoms with Gasteiger partial charge in [-0.2, -0.15) is 8.78 Å². The molecular formula is C17H29ClF3NOS. The van der Waals surface area contributed by atoms with Gasteiger partial charge in [-0.05, 0) is 31.7 Å². The molecule has 24 heavy (non-hydrogen) atoms. The van der Waals surface area contributed by atoms with Crippen molar-refractivity contribution < 1.29 is 18.3 Å². The van der Waals surface area contributed by atoms with Crippen LogP contribution in [0.4, 0.5) is 13.2 Å². The van der Waals surface area contributed by atoms with Crippen LogP contribution in [0.15, 0.2) is 41.8 Å². The van der Waals surface area contributed by atoms with Gasteiger partial charge in [-0.15, -0.1) is 18.2 Å². The lowest BCUT2D eigenvalue weighted by Crippen LogP contribution is -1.98. The van der Waals surface area contributed by atoms with Crippen LogP contribution in [0.5, 0.6) is 0 Å². The van der Waals surface area contributed by atoms with E-state index in [9.17, 15) is 18.3 Å². The number of hydrogen-bond donors (Lipinski definition) is 2. The van der Waals surface area contributed by atoms with Crippen LogP contribution in [-0.2, 0) is 0 Å². The van der Waals surface area contributed by atoms with Gasteiger partial charge in [-0.25, -0.2) is 0 Å². The van der Waals surface area contributed by atoms with E-state index in [4.69, 9.17) is 11.6 Å². The summed E-state index contributed by atoms with van der Waals surface area (Å²) in [5.41, 5.74) is 5.05. The first-order chi connectivity index (χ1) is 11.4. The average Bonchev–Trinajstić information content (AvgIpc) is 2.59. The maximum atomic E-state index is 12.0. The Morgan fingerprint density at radius 1 is 1.25 bits per heavy atom. The summed E-state index contributed by atoms with van der Waals surface area (Å²) in [6.07, 6.45) is 0.851. The van der Waals surface area contributed by atoms with Gasteiger partial charge >= 0.3 is 0 Å². The van der Waals surface area contributed by atoms with Crippen molar-refractivity contribution in [3.8, 4) is 0 Å². The highest BCUT2D eigenvalue weighted by atomic mass is 35.5. The van der Waals surface area contributed by atoms with Gasteiger partial charge in [0, 0.05) is 16.7 Å². The number of benzene rings is 1. The molecule has 0 aromatic heterocycles. The average molecular weight is 388 g/mol. The number of halogens is 4. The summed E-state index contributed by atoms with van der Waals surface area (Å²) in [4.78, 5) is 0.432. The van der Waals surface area contributed by atoms with Crippen molar-refractivity contribution in [2.45, 2.75) is 49.3 Å². The Bertz CT molecular complexity index is 379. The molecule has 0 saturated carbocycles. The predicted octanol–water partition coefficient (Wildman–Crippen LogP) is 5.80. The van der Waals surface area contributed by atoms with Gasteiger partial charge in [0.1, 0.15) is 0 Å². The third-order valence-corrected chi connectivity index (χ3v) is 3.10. The fraction of sp³-hybridized carbons (Fsp3) is 0.529. The maximum absolute atomic E-state index is 12.0. The highest BCUT2D eigenvalue weighted by molar-refractivity contribution is 7.99. The Morgan fingerprint density at radius 2 is 1.67 bits per heavy atom. The second-order valence-electron chi connectivity index (χ2n) is 3.85. The van der Waals surface area contributed by atoms with E-state index in [2.05, 4.69) is 12.3 Å². The lowest BCUT2D eigenvalue weighted by atomic mass is 10.1. The Labute approximate surface area is 153 Å². The fourth-order valence-corrected chi connectivity index (χ4v) is 1.64. The topological polar surface area (TPSA) is 46.2 Å². The van der Waals surface area contributed by atoms with Crippen LogP contribution in [0.1, 0.15) is 38.9 Å². The molecule has 1 aromatic carbocycles. The summed E-state index contributed by atoms with van der Waals surface area (Å²) >= 11 is 5.79. The molecule has 1 rings (SSSR count). The second-order valence-corrected chi connectivity index (χ2v) is 5.61. The first-order valence-electron chi connectivity index (χ1n) is 7.53. The molecule has 3 N–H and O–H groups in total. The van der Waals surface area contributed by atoms with Crippen molar-refractivity contribution in [1.82, 2.24) is 0 Å². The third-order valence-electron chi connectivity index (χ3n) is 2.20. The quantitative estimate of drug-likeness (QED) is 0.368. The van der Waals surface area contributed by atoms with Crippen LogP contribution in [0, 0.1) is 0 Å². The first kappa shape index (κ1) is 28.1. The molecule has 2 unspecified atom stereocenters. The highest BCUT2D eigenvalue weighted by Crippen LogP contribution is 2.26. The molecule has 0 aliphatic heterocycles. The second kappa shape index (κ2) is 20.4. The van der Waals surface area contributed by atoms with Gasteiger partial charge in [-0.1, -0.05) is 43.8 Å². The number of hydrogen-bond acceptors (Lipinski definition) is 3. The zero-order chi connectivity index (χ0) is 19.5. The normalized spacial score (nSPS) is 11.6. The van der Waals surface area contributed by atoms with Crippen molar-refractivity contribution in [2.24, 2.45) is 5.73 Å². The molecule has 7 heteroatoms. The molecule has 0 aliphatic rings. The van der Waals surface area contributed by atoms with Crippen molar-refractivity contribution >= 4 is 23.4 Å². The van der Waals surface area contributed by atoms with Crippen molar-refractivity contribution in [2.75, 3.05) is 13.7 Å². The number of aliphatic hydroxyl groups is 1. The monoisotopic (exact) mass is 387 g/mol. The summed E-state index contributed by atoms with van der Waals surface area (Å²) in [6, 6.07) is 6.05. The molecule has 1 aromatic rings. The van der Waals surface area contributed by atoms with Crippen LogP contribution in [-0.4, -0.2) is 30.0 Å². The molecule has 0 aliphatic carbocycles. The Morgan fingerprint density at radius 3 is 1.96 bits per heavy atom. The number of rotatable bonds is 6. The van der Waals surface area contributed by atoms with Gasteiger partial charge in [0.15, 0.2) is 0 Å². The maximum Gasteiger partial charge on any atom is 0.288 e. The van der Waals surface area contributed by atoms with Gasteiger partial charge in [0.05, 0.1) is 12.8 Å². The van der Waals surface area contributed by atoms with Gasteiger partial charge in [-0.3, -0.25) is 4.39 Å². The van der Waals surface area contributed by atoms with Crippen LogP contribution in [0.2, 0.25) is 0 Å². The minimum Gasteiger partial charge on any atom is -0.388 e. The van der Waals surface area contributed by atoms with Crippen molar-refractivity contribution in [1.29, 1.82) is 0 Å². The largest absolute Gasteiger partial charge is 0.388 e. The Kier molecular flexibility index (Phi) is 23.9. The molecule has 0 heterocycles. The molecule has 2 nitrogen and oxygen atoms in total. The zero-order valence-electron chi connectivity index (χ0n) is 14.7. The fourth-order valence-electron chi connectivity index (χ4n) is 1.14. The number of allylic oxidation sites excluding steroid dienone is 1. The Balaban J connectivity index is -0.000000413. The van der Waals surface area contributed by atoms with E-state index in [-0.39, 0.29) is 11.8 Å². The molecule has 142 valence electrons. The van der Waals surface area contributed by atoms with Crippen LogP contribution < -0.4 is 5.73 Å². The van der Waals surface area contributed by atoms with Gasteiger partial charge in [0.2, 0.25) is 0 Å². The minimum absolute atomic E-state index is 0.0291. The molecule has 0 saturated heterocycles. The standard InChI is InChI=1S/C10H11F3OS.C4H7Cl.C2H6.CH5N/c11-6-5-9(14)7-1-3-8(4-2-7)15-10(12)13;1-3-4(2)5;2*1-2/h1-4,9-10,14H,5-6H2;3-4H,1H2,2H3;1-2H3;2H2,1H3. The van der Waals surface area contributed by atoms with E-state index in [0.717, 1.165) is 0 Å². The van der Waals surface area contributed by atoms with Crippen LogP contribution >= 0.6 is 23.4 Å². The summed E-state index contributed by atoms with van der Waals surface area (Å²) < 4.78 is 35.8. The van der Waals surface area contributed by atoms with Gasteiger partial charge < -0.3 is 10.8 Å². The van der Waals surface area contributed by atoms with Crippen LogP contribution in [0.3, 0.4) is 0 Å². The van der Waals surface area contributed by atoms with Gasteiger partial charge in [0.25, 0.3) is 5.76 Å². The zero-order valence-corrected chi connectivity index (χ0v) is 16.3. The van der Waals surface area contributed by atoms with E-state index >= 15 is 0 Å². The highest BCUT2D eigenvalue weighted by Gasteiger charge is 2.08. The summed E-state index contributed by atoms with van der Waals surface area (Å²) in [7, 11) is 1.50. The summed E-state index contributed by atoms with van der Waals surface area (Å²) in [5, 5.41) is 9.52. The molecule has 0 radical (unpaired) electrons. The minimum atomic E-state index is -2.45. The Hall–Kier alpha value is -0.690. The third kappa shape index (κ3) is 17.7. The summed E-state index contributed by atoms with van der Waals surface area (Å²) in [5.74, 6) is -2.45. The molecule has 0 spiro atoms. The summed E-state index contributed by atoms with van der Waals surface area (Å²) in [6.45, 7) is 8.70. The lowest BCUT2D eigenvalue weighted by molar-refractivity contribution is 0.156. The van der Waals surface area contributed by atoms with E-state index in [0.29, 0.717) is 22.2 Å². The van der Waals surface area contributed by atoms with Crippen molar-refractivity contribution in [3.63, 3.8) is 0 Å². The van der Waals surface area contributed by atoms with E-state index in [1.54, 1.807) is 6.08 Å². The van der Waals surface area contributed by atoms with Crippen LogP contribution in [0.25, 0.3) is 0 Å². The molecule has 0 bridgehead atoms. The molecule has 0 fully saturated rings. The number of alkyl halides is 4. The molecular weight excluding hydrogens is 359 g/mol. The first-order valence-corrected chi connectivity index (χ1v) is 8.85. The predicted molar refractivity (Wildman–Crippen MR) is 101 cm³/mol. The van der Waals surface area contributed by atoms with Crippen molar-refractivity contribution in [3.05, 3.63) is 42.5 Å². The number of thioether (sulfide) groups is 1. The van der Waals surface area contributed by atoms with E-state index in [1.807, 2.05) is 20.8 Å². The lowest BCUT2D eigenvalue weighted by Gasteiger charge is -2.09. The number of aliphatic hydroxyl groups excluding tert-OH is 1. The van der Waals surface area contributed by atoms with E-state index in [1.165, 1.54) is 31.3 Å². The molecule has 2 atom stereocenters.